The highest BCUT2D eigenvalue weighted by atomic mass is 79.9. The Bertz CT molecular complexity index is 7090. The first-order chi connectivity index (χ1) is 70.4. The van der Waals surface area contributed by atoms with Crippen LogP contribution >= 0.6 is 165 Å². The van der Waals surface area contributed by atoms with Gasteiger partial charge in [-0.1, -0.05) is 91.8 Å². The Hall–Kier alpha value is -11.0. The summed E-state index contributed by atoms with van der Waals surface area (Å²) in [6, 6.07) is 30.8. The predicted molar refractivity (Wildman–Crippen MR) is 584 cm³/mol. The first-order valence-electron chi connectivity index (χ1n) is 43.8. The molecule has 0 atom stereocenters. The Balaban J connectivity index is 0.000000190. The number of nitrogens with zero attached hydrogens (tertiary/aromatic N) is 25. The van der Waals surface area contributed by atoms with Crippen molar-refractivity contribution < 1.29 is 56.2 Å². The largest absolute Gasteiger partial charge is 0.489 e. The van der Waals surface area contributed by atoms with Gasteiger partial charge in [-0.3, -0.25) is 44.0 Å². The van der Waals surface area contributed by atoms with E-state index < -0.39 is 35.1 Å². The van der Waals surface area contributed by atoms with E-state index >= 15 is 0 Å². The molecule has 3 fully saturated rings. The lowest BCUT2D eigenvalue weighted by atomic mass is 9.78. The molecule has 39 nitrogen and oxygen atoms in total. The van der Waals surface area contributed by atoms with Crippen LogP contribution in [0.3, 0.4) is 0 Å². The molecule has 147 heavy (non-hydrogen) atoms. The van der Waals surface area contributed by atoms with E-state index in [1.807, 2.05) is 36.4 Å². The van der Waals surface area contributed by atoms with Crippen molar-refractivity contribution in [2.75, 3.05) is 136 Å². The fraction of sp³-hybridized carbons (Fsp3) is 0.250. The molecule has 7 N–H and O–H groups in total. The maximum atomic E-state index is 14.7. The molecule has 17 heterocycles. The summed E-state index contributed by atoms with van der Waals surface area (Å²) < 4.78 is 66.4. The summed E-state index contributed by atoms with van der Waals surface area (Å²) in [6.07, 6.45) is 22.9. The number of H-pyrrole nitrogens is 1. The third kappa shape index (κ3) is 40.8. The average Bonchev–Trinajstić information content (AvgIpc) is 1.20. The van der Waals surface area contributed by atoms with Crippen LogP contribution in [0.25, 0.3) is 106 Å². The van der Waals surface area contributed by atoms with E-state index in [0.29, 0.717) is 102 Å². The van der Waals surface area contributed by atoms with Crippen LogP contribution < -0.4 is 32.1 Å². The van der Waals surface area contributed by atoms with Crippen LogP contribution in [0.15, 0.2) is 246 Å². The molecule has 0 spiro atoms. The lowest BCUT2D eigenvalue weighted by Gasteiger charge is -2.30. The molecule has 3 saturated heterocycles. The third-order valence-corrected chi connectivity index (χ3v) is 23.1. The number of amidine groups is 1. The van der Waals surface area contributed by atoms with Gasteiger partial charge in [0.05, 0.1) is 24.6 Å². The van der Waals surface area contributed by atoms with Crippen molar-refractivity contribution in [3.8, 4) is 79.2 Å². The van der Waals surface area contributed by atoms with Gasteiger partial charge in [-0.15, -0.1) is 0 Å². The number of hydrogen-bond donors (Lipinski definition) is 6. The van der Waals surface area contributed by atoms with Crippen LogP contribution in [0.1, 0.15) is 33.3 Å². The van der Waals surface area contributed by atoms with Crippen molar-refractivity contribution in [2.45, 2.75) is 27.7 Å². The van der Waals surface area contributed by atoms with Crippen LogP contribution in [-0.2, 0) is 9.30 Å². The van der Waals surface area contributed by atoms with Crippen molar-refractivity contribution in [3.05, 3.63) is 273 Å². The first kappa shape index (κ1) is 119. The molecule has 772 valence electrons. The van der Waals surface area contributed by atoms with E-state index in [2.05, 4.69) is 304 Å². The van der Waals surface area contributed by atoms with Crippen molar-refractivity contribution >= 4 is 229 Å². The number of oxime groups is 1. The van der Waals surface area contributed by atoms with Gasteiger partial charge in [0.15, 0.2) is 23.0 Å². The number of ether oxygens (including phenoxy) is 1. The van der Waals surface area contributed by atoms with Gasteiger partial charge in [0, 0.05) is 265 Å². The van der Waals surface area contributed by atoms with Crippen LogP contribution in [0.4, 0.5) is 31.3 Å². The highest BCUT2D eigenvalue weighted by Crippen LogP contribution is 2.61. The minimum atomic E-state index is -3.22. The fourth-order valence-corrected chi connectivity index (χ4v) is 15.2. The van der Waals surface area contributed by atoms with Gasteiger partial charge >= 0.3 is 40.9 Å². The molecule has 0 saturated carbocycles. The zero-order chi connectivity index (χ0) is 107. The maximum absolute atomic E-state index is 14.7. The summed E-state index contributed by atoms with van der Waals surface area (Å²) in [6.45, 7) is 30.9. The Kier molecular flexibility index (Phi) is 50.2. The number of carbonyl (C=O) groups excluding carboxylic acids is 1. The van der Waals surface area contributed by atoms with Gasteiger partial charge in [0.2, 0.25) is 23.2 Å². The SMILES string of the molecule is CCN(CC)CC.CCOC(=O)Cl.CN1CCN(c2nc(-c3cncc(-c4cc(-c5cc(Cl)ccc5F)nc5ncccc45)c3)no2)CC1.CN1CCN(c2nc(-c3cncc(Br)c3)no2)CC1.CN1CCNCC1.Clc1nc(-c2cncc(Br)c2)no1.N/C(=N\O)c1cncc(Br)c1.O=P(Cl)(Cl)Cl.O=c1[nH]c(-c2cncc(Br)c2)no1.OB(O)c1cc(-c2cc(Cl)ccc2F)nc2ncccc12.[C-]#[N+]c1cncc(Br)c1. The normalized spacial score (nSPS) is 12.9. The molecule has 0 aliphatic carbocycles. The van der Waals surface area contributed by atoms with E-state index in [4.69, 9.17) is 73.0 Å². The molecule has 55 heteroatoms. The number of hydrogen-bond acceptors (Lipinski definition) is 36. The van der Waals surface area contributed by atoms with Crippen molar-refractivity contribution in [2.24, 2.45) is 10.9 Å². The van der Waals surface area contributed by atoms with Crippen LogP contribution in [0.2, 0.25) is 15.4 Å². The second-order valence-corrected chi connectivity index (χ2v) is 43.2. The minimum Gasteiger partial charge on any atom is -0.454 e. The number of carbonyl (C=O) groups is 1. The van der Waals surface area contributed by atoms with Gasteiger partial charge in [-0.2, -0.15) is 15.0 Å². The molecule has 2 aromatic carbocycles. The lowest BCUT2D eigenvalue weighted by Crippen LogP contribution is -2.44. The smallest absolute Gasteiger partial charge is 0.454 e. The fourth-order valence-electron chi connectivity index (χ4n) is 12.8. The van der Waals surface area contributed by atoms with Crippen molar-refractivity contribution in [1.82, 2.24) is 115 Å². The molecule has 0 unspecified atom stereocenters. The number of nitrogens with one attached hydrogen (secondary N) is 2. The van der Waals surface area contributed by atoms with Crippen molar-refractivity contribution in [3.63, 3.8) is 0 Å². The number of aromatic amines is 1. The van der Waals surface area contributed by atoms with Crippen LogP contribution in [0, 0.1) is 18.2 Å². The number of fused-ring (bicyclic) bond motifs is 2. The maximum Gasteiger partial charge on any atom is 0.489 e. The molecule has 0 amide bonds. The Morgan fingerprint density at radius 2 is 0.966 bits per heavy atom. The number of rotatable bonds is 15. The molecule has 3 aliphatic rings. The Morgan fingerprint density at radius 3 is 1.37 bits per heavy atom. The van der Waals surface area contributed by atoms with Gasteiger partial charge in [-0.05, 0) is 271 Å². The molecule has 3 aliphatic heterocycles. The minimum absolute atomic E-state index is 0.0231. The Labute approximate surface area is 918 Å². The number of likely N-dealkylation sites (N-methyl/N-ethyl adjacent to an activating group) is 3. The van der Waals surface area contributed by atoms with Gasteiger partial charge < -0.3 is 74.0 Å². The topological polar surface area (TPSA) is 483 Å². The molecule has 19 rings (SSSR count). The highest BCUT2D eigenvalue weighted by molar-refractivity contribution is 9.11. The molecule has 0 bridgehead atoms. The average molecular weight is 2490 g/mol. The summed E-state index contributed by atoms with van der Waals surface area (Å²) in [7, 11) is 4.66. The molecular formula is C92H92BBr5Cl7F2N28O11P. The first-order valence-corrected chi connectivity index (χ1v) is 53.7. The molecular weight excluding hydrogens is 2400 g/mol. The number of nitrogens with two attached hydrogens (primary N) is 1. The molecule has 0 radical (unpaired) electrons. The standard InChI is InChI=1S/C26H21ClFN7O.C14H9BClFN2O2.C12H14BrN5O.C7H3BrClN3O.C7H4BrN3O2.C6H6BrN3O.C6H3BrN2.C6H15N.C5H12N2.C3H5ClO2.Cl3OP/c1-34-7-9-35(10-8-34)26-32-24(33-36-26)17-11-16(14-29-15-17)20-13-23(21-12-18(27)4-5-22(21)28)31-25-19(20)3-2-6-30-25;16-8-3-4-12(17)10(6-8)13-7-11(15(20)21)9-2-1-5-18-14(9)19-13;1-17-2-4-18(5-3-17)12-15-11(16-19-12)9-6-10(13)8-14-7-9;8-5-1-4(2-10-3-5)6-11-7(9)13-12-6;8-5-1-4(2-9-3-5)6-10-7(12)13-11-6;7-5-1-4(2-9-3-5)6(8)10-11;1-8-6-2-5(7)3-9-4-6;1-4-7(5-2)6-3;1-7-4-2-6-3-5-7;1-2-6-3(4)5;1-5(2,3)4/h2-6,11-15H,7-10H2,1H3;1-7,20-21H;6-8H,2-5H2,1H3;1-3H;1-3H,(H,10,11,12);1-3,11H,(H2,8,10);2-4H;4-6H2,1-3H3;6H,2-5H2,1H3;2H2,1H3;. The van der Waals surface area contributed by atoms with Gasteiger partial charge in [0.1, 0.15) is 11.6 Å². The summed E-state index contributed by atoms with van der Waals surface area (Å²) in [5.74, 6) is 0.397. The van der Waals surface area contributed by atoms with Crippen molar-refractivity contribution in [1.29, 1.82) is 0 Å². The molecule has 16 aromatic rings. The number of pyridine rings is 10. The summed E-state index contributed by atoms with van der Waals surface area (Å²) in [5.41, 5.74) is 12.5. The van der Waals surface area contributed by atoms with Crippen LogP contribution in [-0.4, -0.2) is 270 Å². The van der Waals surface area contributed by atoms with E-state index in [0.717, 1.165) is 115 Å². The quantitative estimate of drug-likeness (QED) is 0.00811. The molecule has 14 aromatic heterocycles. The van der Waals surface area contributed by atoms with Gasteiger partial charge in [-0.25, -0.2) is 43.2 Å². The third-order valence-electron chi connectivity index (χ3n) is 20.2. The number of piperazine rings is 3. The summed E-state index contributed by atoms with van der Waals surface area (Å²) >= 11 is 52.4. The van der Waals surface area contributed by atoms with Gasteiger partial charge in [0.25, 0.3) is 0 Å². The zero-order valence-corrected chi connectivity index (χ0v) is 93.1. The zero-order valence-electron chi connectivity index (χ0n) is 79.0. The number of benzene rings is 2. The Morgan fingerprint density at radius 1 is 0.537 bits per heavy atom. The second kappa shape index (κ2) is 61.8. The predicted octanol–water partition coefficient (Wildman–Crippen LogP) is 20.5. The highest BCUT2D eigenvalue weighted by Gasteiger charge is 2.25. The van der Waals surface area contributed by atoms with E-state index in [1.165, 1.54) is 87.7 Å². The monoisotopic (exact) mass is 2480 g/mol. The number of anilines is 2. The summed E-state index contributed by atoms with van der Waals surface area (Å²) in [4.78, 5) is 93.6. The second-order valence-electron chi connectivity index (χ2n) is 30.4. The van der Waals surface area contributed by atoms with E-state index in [9.17, 15) is 33.0 Å². The summed E-state index contributed by atoms with van der Waals surface area (Å²) in [5, 5.41) is 47.7. The lowest BCUT2D eigenvalue weighted by molar-refractivity contribution is 0.180. The number of aromatic nitrogens is 18. The van der Waals surface area contributed by atoms with Crippen LogP contribution in [0.5, 0.6) is 0 Å². The van der Waals surface area contributed by atoms with E-state index in [-0.39, 0.29) is 27.9 Å². The number of halogens is 14. The van der Waals surface area contributed by atoms with E-state index in [1.54, 1.807) is 111 Å².